The second kappa shape index (κ2) is 6.16. The van der Waals surface area contributed by atoms with E-state index in [1.54, 1.807) is 19.1 Å². The zero-order valence-electron chi connectivity index (χ0n) is 7.73. The fourth-order valence-electron chi connectivity index (χ4n) is 0.776. The van der Waals surface area contributed by atoms with Crippen molar-refractivity contribution in [1.29, 1.82) is 0 Å². The van der Waals surface area contributed by atoms with Crippen molar-refractivity contribution in [2.75, 3.05) is 13.7 Å². The fourth-order valence-corrected chi connectivity index (χ4v) is 0.776. The van der Waals surface area contributed by atoms with Crippen LogP contribution in [-0.4, -0.2) is 24.5 Å². The number of methoxy groups -OCH3 is 1. The number of ether oxygens (including phenoxy) is 1. The predicted molar refractivity (Wildman–Crippen MR) is 46.8 cm³/mol. The summed E-state index contributed by atoms with van der Waals surface area (Å²) < 4.78 is 4.39. The minimum Gasteiger partial charge on any atom is -0.469 e. The molecule has 0 aromatic rings. The van der Waals surface area contributed by atoms with Crippen molar-refractivity contribution >= 4 is 5.97 Å². The van der Waals surface area contributed by atoms with E-state index < -0.39 is 0 Å². The Balaban J connectivity index is 3.71. The molecule has 0 aromatic heterocycles. The number of rotatable bonds is 5. The van der Waals surface area contributed by atoms with Crippen LogP contribution in [0.15, 0.2) is 12.2 Å². The minimum atomic E-state index is -0.382. The van der Waals surface area contributed by atoms with Crippen molar-refractivity contribution in [2.24, 2.45) is 5.92 Å². The molecule has 0 aliphatic heterocycles. The molecule has 0 fully saturated rings. The molecule has 0 aromatic carbocycles. The van der Waals surface area contributed by atoms with E-state index in [-0.39, 0.29) is 29.8 Å². The van der Waals surface area contributed by atoms with Gasteiger partial charge >= 0.3 is 5.97 Å². The summed E-state index contributed by atoms with van der Waals surface area (Å²) in [6.07, 6.45) is 3.39. The molecule has 0 bridgehead atoms. The summed E-state index contributed by atoms with van der Waals surface area (Å²) in [5, 5.41) is 10.0. The zero-order chi connectivity index (χ0) is 10.3. The second-order valence-electron chi connectivity index (χ2n) is 2.70. The highest BCUT2D eigenvalue weighted by Crippen LogP contribution is 1.98. The van der Waals surface area contributed by atoms with Gasteiger partial charge in [-0.2, -0.15) is 0 Å². The van der Waals surface area contributed by atoms with Crippen molar-refractivity contribution in [3.63, 3.8) is 0 Å². The number of hydrogen-bond donors (Lipinski definition) is 0. The van der Waals surface area contributed by atoms with Crippen molar-refractivity contribution in [1.82, 2.24) is 0 Å². The molecule has 1 unspecified atom stereocenters. The summed E-state index contributed by atoms with van der Waals surface area (Å²) in [6, 6.07) is 0. The van der Waals surface area contributed by atoms with E-state index in [4.69, 9.17) is 0 Å². The van der Waals surface area contributed by atoms with E-state index in [0.717, 1.165) is 0 Å². The van der Waals surface area contributed by atoms with Crippen molar-refractivity contribution < 1.29 is 14.5 Å². The monoisotopic (exact) mass is 187 g/mol. The van der Waals surface area contributed by atoms with Crippen LogP contribution in [-0.2, 0) is 9.53 Å². The van der Waals surface area contributed by atoms with Crippen LogP contribution < -0.4 is 0 Å². The molecular formula is C8H13NO4. The topological polar surface area (TPSA) is 69.4 Å². The van der Waals surface area contributed by atoms with Gasteiger partial charge in [0.25, 0.3) is 0 Å². The zero-order valence-corrected chi connectivity index (χ0v) is 7.73. The average Bonchev–Trinajstić information content (AvgIpc) is 2.02. The third-order valence-corrected chi connectivity index (χ3v) is 1.41. The van der Waals surface area contributed by atoms with E-state index in [9.17, 15) is 14.9 Å². The van der Waals surface area contributed by atoms with Crippen LogP contribution in [0.5, 0.6) is 0 Å². The summed E-state index contributed by atoms with van der Waals surface area (Å²) in [4.78, 5) is 20.3. The molecule has 5 heteroatoms. The molecular weight excluding hydrogens is 174 g/mol. The average molecular weight is 187 g/mol. The first-order chi connectivity index (χ1) is 6.06. The van der Waals surface area contributed by atoms with E-state index in [2.05, 4.69) is 4.74 Å². The molecule has 0 radical (unpaired) electrons. The molecule has 0 saturated carbocycles. The Hall–Kier alpha value is -1.39. The Bertz CT molecular complexity index is 212. The van der Waals surface area contributed by atoms with Gasteiger partial charge in [-0.25, -0.2) is 0 Å². The van der Waals surface area contributed by atoms with Gasteiger partial charge in [-0.15, -0.1) is 0 Å². The summed E-state index contributed by atoms with van der Waals surface area (Å²) in [6.45, 7) is 1.61. The molecule has 0 N–H and O–H groups in total. The Morgan fingerprint density at radius 2 is 2.31 bits per heavy atom. The molecule has 0 saturated heterocycles. The van der Waals surface area contributed by atoms with E-state index in [0.29, 0.717) is 0 Å². The number of carbonyl (C=O) groups is 1. The van der Waals surface area contributed by atoms with Crippen LogP contribution in [0, 0.1) is 16.0 Å². The maximum absolute atomic E-state index is 10.6. The van der Waals surface area contributed by atoms with Gasteiger partial charge in [0, 0.05) is 10.8 Å². The van der Waals surface area contributed by atoms with Crippen LogP contribution in [0.2, 0.25) is 0 Å². The van der Waals surface area contributed by atoms with Crippen LogP contribution in [0.25, 0.3) is 0 Å². The normalized spacial score (nSPS) is 12.8. The van der Waals surface area contributed by atoms with Gasteiger partial charge in [0.1, 0.15) is 0 Å². The summed E-state index contributed by atoms with van der Waals surface area (Å²) in [5.41, 5.74) is 0. The molecule has 1 atom stereocenters. The van der Waals surface area contributed by atoms with Gasteiger partial charge in [-0.3, -0.25) is 14.9 Å². The molecule has 0 heterocycles. The van der Waals surface area contributed by atoms with Gasteiger partial charge in [-0.05, 0) is 0 Å². The highest BCUT2D eigenvalue weighted by Gasteiger charge is 2.04. The predicted octanol–water partition coefficient (Wildman–Crippen LogP) is 1.02. The van der Waals surface area contributed by atoms with Crippen LogP contribution in [0.3, 0.4) is 0 Å². The molecule has 13 heavy (non-hydrogen) atoms. The first-order valence-electron chi connectivity index (χ1n) is 3.91. The smallest absolute Gasteiger partial charge is 0.309 e. The first kappa shape index (κ1) is 11.6. The first-order valence-corrected chi connectivity index (χ1v) is 3.91. The van der Waals surface area contributed by atoms with E-state index >= 15 is 0 Å². The number of carbonyl (C=O) groups excluding carboxylic acids is 1. The number of esters is 1. The molecule has 0 spiro atoms. The molecule has 0 aliphatic rings. The van der Waals surface area contributed by atoms with Gasteiger partial charge < -0.3 is 4.74 Å². The lowest BCUT2D eigenvalue weighted by Crippen LogP contribution is -2.08. The molecule has 0 aliphatic carbocycles. The number of nitro groups is 1. The van der Waals surface area contributed by atoms with Crippen LogP contribution >= 0.6 is 0 Å². The molecule has 74 valence electrons. The molecule has 0 amide bonds. The van der Waals surface area contributed by atoms with Crippen molar-refractivity contribution in [2.45, 2.75) is 13.3 Å². The summed E-state index contributed by atoms with van der Waals surface area (Å²) >= 11 is 0. The Morgan fingerprint density at radius 1 is 1.69 bits per heavy atom. The van der Waals surface area contributed by atoms with Gasteiger partial charge in [-0.1, -0.05) is 19.1 Å². The Labute approximate surface area is 76.5 Å². The quantitative estimate of drug-likeness (QED) is 0.279. The third-order valence-electron chi connectivity index (χ3n) is 1.41. The summed E-state index contributed by atoms with van der Waals surface area (Å²) in [5.74, 6) is -0.496. The van der Waals surface area contributed by atoms with Gasteiger partial charge in [0.15, 0.2) is 0 Å². The van der Waals surface area contributed by atoms with Crippen molar-refractivity contribution in [3.8, 4) is 0 Å². The van der Waals surface area contributed by atoms with Crippen molar-refractivity contribution in [3.05, 3.63) is 22.3 Å². The molecule has 0 rings (SSSR count). The highest BCUT2D eigenvalue weighted by molar-refractivity contribution is 5.70. The van der Waals surface area contributed by atoms with E-state index in [1.165, 1.54) is 7.11 Å². The largest absolute Gasteiger partial charge is 0.469 e. The summed E-state index contributed by atoms with van der Waals surface area (Å²) in [7, 11) is 1.30. The Morgan fingerprint density at radius 3 is 2.77 bits per heavy atom. The Kier molecular flexibility index (Phi) is 5.50. The maximum Gasteiger partial charge on any atom is 0.309 e. The SMILES string of the molecule is COC(=O)C/C=C/C(C)C[N+](=O)[O-]. The van der Waals surface area contributed by atoms with Crippen LogP contribution in [0.4, 0.5) is 0 Å². The molecule has 5 nitrogen and oxygen atoms in total. The van der Waals surface area contributed by atoms with E-state index in [1.807, 2.05) is 0 Å². The fraction of sp³-hybridized carbons (Fsp3) is 0.625. The van der Waals surface area contributed by atoms with Crippen LogP contribution in [0.1, 0.15) is 13.3 Å². The van der Waals surface area contributed by atoms with Gasteiger partial charge in [0.05, 0.1) is 13.5 Å². The number of hydrogen-bond acceptors (Lipinski definition) is 4. The lowest BCUT2D eigenvalue weighted by Gasteiger charge is -1.98. The lowest BCUT2D eigenvalue weighted by atomic mass is 10.1. The third kappa shape index (κ3) is 6.99. The standard InChI is InChI=1S/C8H13NO4/c1-7(6-9(11)12)4-3-5-8(10)13-2/h3-4,7H,5-6H2,1-2H3/b4-3+. The van der Waals surface area contributed by atoms with Gasteiger partial charge in [0.2, 0.25) is 6.54 Å². The highest BCUT2D eigenvalue weighted by atomic mass is 16.6. The second-order valence-corrected chi connectivity index (χ2v) is 2.70. The number of nitrogens with zero attached hydrogens (tertiary/aromatic N) is 1. The minimum absolute atomic E-state index is 0.113. The lowest BCUT2D eigenvalue weighted by molar-refractivity contribution is -0.485. The maximum atomic E-state index is 10.6.